The van der Waals surface area contributed by atoms with Crippen LogP contribution in [0.3, 0.4) is 0 Å². The van der Waals surface area contributed by atoms with Crippen molar-refractivity contribution in [1.29, 1.82) is 0 Å². The Morgan fingerprint density at radius 2 is 2.17 bits per heavy atom. The van der Waals surface area contributed by atoms with Gasteiger partial charge in [0.05, 0.1) is 4.47 Å². The molecule has 1 aromatic carbocycles. The second kappa shape index (κ2) is 7.64. The number of nitrogens with one attached hydrogen (secondary N) is 1. The van der Waals surface area contributed by atoms with Crippen LogP contribution in [0.15, 0.2) is 29.3 Å². The summed E-state index contributed by atoms with van der Waals surface area (Å²) in [7, 11) is 0. The van der Waals surface area contributed by atoms with Gasteiger partial charge in [0.2, 0.25) is 0 Å². The highest BCUT2D eigenvalue weighted by Crippen LogP contribution is 2.23. The van der Waals surface area contributed by atoms with Crippen LogP contribution >= 0.6 is 15.9 Å². The number of hydrogen-bond donors (Lipinski definition) is 1. The highest BCUT2D eigenvalue weighted by molar-refractivity contribution is 9.10. The van der Waals surface area contributed by atoms with Gasteiger partial charge in [0.25, 0.3) is 0 Å². The predicted molar refractivity (Wildman–Crippen MR) is 74.7 cm³/mol. The minimum Gasteiger partial charge on any atom is -0.313 e. The van der Waals surface area contributed by atoms with E-state index in [0.717, 1.165) is 13.0 Å². The van der Waals surface area contributed by atoms with Gasteiger partial charge in [-0.3, -0.25) is 0 Å². The maximum Gasteiger partial charge on any atom is 0.143 e. The largest absolute Gasteiger partial charge is 0.313 e. The van der Waals surface area contributed by atoms with Crippen LogP contribution in [0.2, 0.25) is 0 Å². The number of rotatable bonds is 7. The minimum atomic E-state index is -0.512. The van der Waals surface area contributed by atoms with E-state index in [1.54, 1.807) is 6.08 Å². The van der Waals surface area contributed by atoms with E-state index in [4.69, 9.17) is 0 Å². The molecule has 1 unspecified atom stereocenters. The fourth-order valence-electron chi connectivity index (χ4n) is 1.79. The first-order chi connectivity index (χ1) is 8.60. The molecule has 0 aliphatic heterocycles. The van der Waals surface area contributed by atoms with Gasteiger partial charge >= 0.3 is 0 Å². The van der Waals surface area contributed by atoms with E-state index in [1.165, 1.54) is 12.1 Å². The molecule has 1 rings (SSSR count). The van der Waals surface area contributed by atoms with Gasteiger partial charge in [0, 0.05) is 11.6 Å². The van der Waals surface area contributed by atoms with Gasteiger partial charge in [-0.2, -0.15) is 0 Å². The Labute approximate surface area is 115 Å². The SMILES string of the molecule is C=CCC(Cc1c(F)ccc(Br)c1F)NCCC. The molecule has 0 aliphatic rings. The van der Waals surface area contributed by atoms with Crippen LogP contribution in [0.1, 0.15) is 25.3 Å². The van der Waals surface area contributed by atoms with E-state index in [2.05, 4.69) is 34.7 Å². The summed E-state index contributed by atoms with van der Waals surface area (Å²) >= 11 is 3.08. The van der Waals surface area contributed by atoms with E-state index >= 15 is 0 Å². The van der Waals surface area contributed by atoms with Crippen LogP contribution in [0.25, 0.3) is 0 Å². The Kier molecular flexibility index (Phi) is 6.50. The molecule has 100 valence electrons. The van der Waals surface area contributed by atoms with Crippen LogP contribution in [-0.4, -0.2) is 12.6 Å². The molecule has 0 saturated carbocycles. The minimum absolute atomic E-state index is 0.0146. The second-order valence-corrected chi connectivity index (χ2v) is 5.06. The Balaban J connectivity index is 2.85. The van der Waals surface area contributed by atoms with Crippen molar-refractivity contribution in [3.8, 4) is 0 Å². The molecule has 0 spiro atoms. The van der Waals surface area contributed by atoms with Gasteiger partial charge in [-0.25, -0.2) is 8.78 Å². The van der Waals surface area contributed by atoms with Crippen molar-refractivity contribution in [2.24, 2.45) is 0 Å². The van der Waals surface area contributed by atoms with Gasteiger partial charge in [0.15, 0.2) is 0 Å². The molecule has 1 N–H and O–H groups in total. The van der Waals surface area contributed by atoms with Crippen molar-refractivity contribution >= 4 is 15.9 Å². The van der Waals surface area contributed by atoms with Gasteiger partial charge in [-0.15, -0.1) is 6.58 Å². The third kappa shape index (κ3) is 4.18. The van der Waals surface area contributed by atoms with Crippen molar-refractivity contribution < 1.29 is 8.78 Å². The van der Waals surface area contributed by atoms with E-state index < -0.39 is 11.6 Å². The molecule has 0 fully saturated rings. The molecule has 0 aromatic heterocycles. The summed E-state index contributed by atoms with van der Waals surface area (Å²) in [6.07, 6.45) is 3.76. The zero-order chi connectivity index (χ0) is 13.5. The first kappa shape index (κ1) is 15.3. The maximum atomic E-state index is 13.8. The molecule has 0 heterocycles. The molecule has 1 nitrogen and oxygen atoms in total. The van der Waals surface area contributed by atoms with Crippen molar-refractivity contribution in [3.05, 3.63) is 46.5 Å². The zero-order valence-corrected chi connectivity index (χ0v) is 12.1. The normalized spacial score (nSPS) is 12.4. The van der Waals surface area contributed by atoms with Gasteiger partial charge in [-0.05, 0) is 53.9 Å². The van der Waals surface area contributed by atoms with Gasteiger partial charge in [0.1, 0.15) is 11.6 Å². The third-order valence-electron chi connectivity index (χ3n) is 2.72. The Hall–Kier alpha value is -0.740. The average molecular weight is 318 g/mol. The van der Waals surface area contributed by atoms with E-state index in [9.17, 15) is 8.78 Å². The summed E-state index contributed by atoms with van der Waals surface area (Å²) in [5.74, 6) is -1.01. The first-order valence-corrected chi connectivity index (χ1v) is 6.86. The summed E-state index contributed by atoms with van der Waals surface area (Å²) in [6, 6.07) is 2.68. The van der Waals surface area contributed by atoms with Crippen molar-refractivity contribution in [2.45, 2.75) is 32.2 Å². The standard InChI is InChI=1S/C14H18BrF2N/c1-3-5-10(18-8-4-2)9-11-13(16)7-6-12(15)14(11)17/h3,6-7,10,18H,1,4-5,8-9H2,2H3. The van der Waals surface area contributed by atoms with Gasteiger partial charge < -0.3 is 5.32 Å². The Morgan fingerprint density at radius 3 is 2.78 bits per heavy atom. The molecule has 0 bridgehead atoms. The molecular formula is C14H18BrF2N. The van der Waals surface area contributed by atoms with Gasteiger partial charge in [-0.1, -0.05) is 13.0 Å². The number of benzene rings is 1. The summed E-state index contributed by atoms with van der Waals surface area (Å²) in [5.41, 5.74) is 0.125. The molecule has 4 heteroatoms. The van der Waals surface area contributed by atoms with E-state index in [0.29, 0.717) is 17.3 Å². The third-order valence-corrected chi connectivity index (χ3v) is 3.34. The number of hydrogen-bond acceptors (Lipinski definition) is 1. The second-order valence-electron chi connectivity index (χ2n) is 4.20. The molecular weight excluding hydrogens is 300 g/mol. The summed E-state index contributed by atoms with van der Waals surface area (Å²) in [4.78, 5) is 0. The van der Waals surface area contributed by atoms with Crippen LogP contribution in [0, 0.1) is 11.6 Å². The highest BCUT2D eigenvalue weighted by atomic mass is 79.9. The molecule has 1 atom stereocenters. The monoisotopic (exact) mass is 317 g/mol. The fourth-order valence-corrected chi connectivity index (χ4v) is 2.16. The van der Waals surface area contributed by atoms with Crippen LogP contribution in [-0.2, 0) is 6.42 Å². The maximum absolute atomic E-state index is 13.8. The molecule has 18 heavy (non-hydrogen) atoms. The lowest BCUT2D eigenvalue weighted by molar-refractivity contribution is 0.478. The molecule has 0 amide bonds. The lowest BCUT2D eigenvalue weighted by Crippen LogP contribution is -2.32. The predicted octanol–water partition coefficient (Wildman–Crippen LogP) is 4.21. The van der Waals surface area contributed by atoms with Crippen LogP contribution in [0.5, 0.6) is 0 Å². The van der Waals surface area contributed by atoms with Crippen LogP contribution in [0.4, 0.5) is 8.78 Å². The quantitative estimate of drug-likeness (QED) is 0.586. The zero-order valence-electron chi connectivity index (χ0n) is 10.5. The lowest BCUT2D eigenvalue weighted by Gasteiger charge is -2.18. The first-order valence-electron chi connectivity index (χ1n) is 6.06. The van der Waals surface area contributed by atoms with E-state index in [1.807, 2.05) is 0 Å². The number of halogens is 3. The van der Waals surface area contributed by atoms with Crippen molar-refractivity contribution in [2.75, 3.05) is 6.54 Å². The molecule has 0 radical (unpaired) electrons. The van der Waals surface area contributed by atoms with E-state index in [-0.39, 0.29) is 11.6 Å². The topological polar surface area (TPSA) is 12.0 Å². The Bertz CT molecular complexity index is 407. The molecule has 0 saturated heterocycles. The Morgan fingerprint density at radius 1 is 1.44 bits per heavy atom. The molecule has 0 aliphatic carbocycles. The summed E-state index contributed by atoms with van der Waals surface area (Å²) in [6.45, 7) is 6.56. The van der Waals surface area contributed by atoms with Crippen LogP contribution < -0.4 is 5.32 Å². The highest BCUT2D eigenvalue weighted by Gasteiger charge is 2.16. The van der Waals surface area contributed by atoms with Crippen molar-refractivity contribution in [1.82, 2.24) is 5.32 Å². The summed E-state index contributed by atoms with van der Waals surface area (Å²) < 4.78 is 27.8. The molecule has 1 aromatic rings. The lowest BCUT2D eigenvalue weighted by atomic mass is 10.0. The smallest absolute Gasteiger partial charge is 0.143 e. The fraction of sp³-hybridized carbons (Fsp3) is 0.429. The van der Waals surface area contributed by atoms with Crippen molar-refractivity contribution in [3.63, 3.8) is 0 Å². The summed E-state index contributed by atoms with van der Waals surface area (Å²) in [5, 5.41) is 3.27. The average Bonchev–Trinajstić information content (AvgIpc) is 2.36.